The van der Waals surface area contributed by atoms with E-state index in [1.165, 1.54) is 11.1 Å². The SMILES string of the molecule is O=C(Nc1ccc(OCc2ccccc2)cc1)c1ccc(CSCc2ccccc2)cc1. The summed E-state index contributed by atoms with van der Waals surface area (Å²) in [6.45, 7) is 0.516. The van der Waals surface area contributed by atoms with E-state index in [0.29, 0.717) is 12.2 Å². The number of thioether (sulfide) groups is 1. The van der Waals surface area contributed by atoms with E-state index in [1.54, 1.807) is 0 Å². The van der Waals surface area contributed by atoms with Crippen LogP contribution < -0.4 is 10.1 Å². The summed E-state index contributed by atoms with van der Waals surface area (Å²) in [5, 5.41) is 2.94. The summed E-state index contributed by atoms with van der Waals surface area (Å²) in [4.78, 5) is 12.6. The Morgan fingerprint density at radius 1 is 0.656 bits per heavy atom. The van der Waals surface area contributed by atoms with E-state index in [2.05, 4.69) is 29.6 Å². The Balaban J connectivity index is 1.25. The van der Waals surface area contributed by atoms with Crippen molar-refractivity contribution in [2.45, 2.75) is 18.1 Å². The van der Waals surface area contributed by atoms with Gasteiger partial charge in [-0.15, -0.1) is 0 Å². The number of hydrogen-bond acceptors (Lipinski definition) is 3. The number of carbonyl (C=O) groups excluding carboxylic acids is 1. The highest BCUT2D eigenvalue weighted by Gasteiger charge is 2.07. The Kier molecular flexibility index (Phi) is 7.61. The summed E-state index contributed by atoms with van der Waals surface area (Å²) in [6.07, 6.45) is 0. The number of nitrogens with one attached hydrogen (secondary N) is 1. The molecule has 160 valence electrons. The smallest absolute Gasteiger partial charge is 0.255 e. The Morgan fingerprint density at radius 2 is 1.22 bits per heavy atom. The number of benzene rings is 4. The molecular formula is C28H25NO2S. The van der Waals surface area contributed by atoms with Gasteiger partial charge >= 0.3 is 0 Å². The van der Waals surface area contributed by atoms with Crippen LogP contribution in [0.2, 0.25) is 0 Å². The lowest BCUT2D eigenvalue weighted by Crippen LogP contribution is -2.11. The highest BCUT2D eigenvalue weighted by atomic mass is 32.2. The lowest BCUT2D eigenvalue weighted by molar-refractivity contribution is 0.102. The molecule has 0 saturated heterocycles. The standard InChI is InChI=1S/C28H25NO2S/c30-28(25-13-11-24(12-14-25)21-32-20-23-9-5-2-6-10-23)29-26-15-17-27(18-16-26)31-19-22-7-3-1-4-8-22/h1-18H,19-21H2,(H,29,30). The van der Waals surface area contributed by atoms with Crippen LogP contribution in [0.3, 0.4) is 0 Å². The molecule has 4 rings (SSSR count). The van der Waals surface area contributed by atoms with Gasteiger partial charge in [-0.1, -0.05) is 72.8 Å². The molecule has 4 aromatic rings. The number of amides is 1. The fourth-order valence-corrected chi connectivity index (χ4v) is 4.15. The van der Waals surface area contributed by atoms with Gasteiger partial charge in [-0.05, 0) is 53.1 Å². The van der Waals surface area contributed by atoms with Gasteiger partial charge in [-0.3, -0.25) is 4.79 Å². The zero-order valence-corrected chi connectivity index (χ0v) is 18.6. The molecule has 0 atom stereocenters. The molecule has 0 bridgehead atoms. The number of anilines is 1. The minimum Gasteiger partial charge on any atom is -0.489 e. The predicted molar refractivity (Wildman–Crippen MR) is 133 cm³/mol. The first-order valence-corrected chi connectivity index (χ1v) is 11.7. The summed E-state index contributed by atoms with van der Waals surface area (Å²) in [5.41, 5.74) is 5.04. The van der Waals surface area contributed by atoms with Crippen LogP contribution in [0.25, 0.3) is 0 Å². The van der Waals surface area contributed by atoms with E-state index < -0.39 is 0 Å². The van der Waals surface area contributed by atoms with E-state index in [1.807, 2.05) is 96.7 Å². The Morgan fingerprint density at radius 3 is 1.84 bits per heavy atom. The minimum atomic E-state index is -0.119. The second-order valence-electron chi connectivity index (χ2n) is 7.43. The zero-order chi connectivity index (χ0) is 22.0. The Labute approximate surface area is 193 Å². The molecule has 0 aromatic heterocycles. The molecule has 0 aliphatic carbocycles. The zero-order valence-electron chi connectivity index (χ0n) is 17.7. The molecule has 0 fully saturated rings. The van der Waals surface area contributed by atoms with Crippen molar-refractivity contribution in [2.75, 3.05) is 5.32 Å². The second kappa shape index (κ2) is 11.2. The molecule has 32 heavy (non-hydrogen) atoms. The van der Waals surface area contributed by atoms with Crippen molar-refractivity contribution in [1.82, 2.24) is 0 Å². The monoisotopic (exact) mass is 439 g/mol. The third kappa shape index (κ3) is 6.50. The van der Waals surface area contributed by atoms with Gasteiger partial charge in [0, 0.05) is 22.8 Å². The average Bonchev–Trinajstić information content (AvgIpc) is 2.85. The van der Waals surface area contributed by atoms with Crippen LogP contribution in [-0.2, 0) is 18.1 Å². The number of carbonyl (C=O) groups is 1. The lowest BCUT2D eigenvalue weighted by Gasteiger charge is -2.09. The van der Waals surface area contributed by atoms with Crippen molar-refractivity contribution < 1.29 is 9.53 Å². The summed E-state index contributed by atoms with van der Waals surface area (Å²) in [7, 11) is 0. The van der Waals surface area contributed by atoms with Crippen LogP contribution >= 0.6 is 11.8 Å². The van der Waals surface area contributed by atoms with Gasteiger partial charge in [0.05, 0.1) is 0 Å². The molecule has 0 saturated carbocycles. The molecule has 0 heterocycles. The first-order chi connectivity index (χ1) is 15.8. The van der Waals surface area contributed by atoms with Gasteiger partial charge in [0.2, 0.25) is 0 Å². The molecule has 0 unspecified atom stereocenters. The summed E-state index contributed by atoms with van der Waals surface area (Å²) in [6, 6.07) is 35.7. The van der Waals surface area contributed by atoms with Gasteiger partial charge in [0.25, 0.3) is 5.91 Å². The maximum atomic E-state index is 12.6. The fourth-order valence-electron chi connectivity index (χ4n) is 3.19. The molecule has 4 aromatic carbocycles. The molecule has 0 aliphatic heterocycles. The molecule has 1 amide bonds. The first-order valence-electron chi connectivity index (χ1n) is 10.5. The van der Waals surface area contributed by atoms with Crippen LogP contribution in [0.5, 0.6) is 5.75 Å². The summed E-state index contributed by atoms with van der Waals surface area (Å²) in [5.74, 6) is 2.55. The molecule has 0 aliphatic rings. The van der Waals surface area contributed by atoms with Crippen molar-refractivity contribution in [3.05, 3.63) is 131 Å². The van der Waals surface area contributed by atoms with E-state index >= 15 is 0 Å². The summed E-state index contributed by atoms with van der Waals surface area (Å²) >= 11 is 1.87. The molecule has 1 N–H and O–H groups in total. The van der Waals surface area contributed by atoms with Crippen LogP contribution in [-0.4, -0.2) is 5.91 Å². The second-order valence-corrected chi connectivity index (χ2v) is 8.41. The van der Waals surface area contributed by atoms with Gasteiger partial charge in [-0.25, -0.2) is 0 Å². The van der Waals surface area contributed by atoms with Crippen LogP contribution in [0.4, 0.5) is 5.69 Å². The van der Waals surface area contributed by atoms with Crippen LogP contribution in [0.15, 0.2) is 109 Å². The van der Waals surface area contributed by atoms with Gasteiger partial charge in [0.1, 0.15) is 12.4 Å². The number of rotatable bonds is 9. The van der Waals surface area contributed by atoms with Crippen molar-refractivity contribution in [3.63, 3.8) is 0 Å². The molecular weight excluding hydrogens is 414 g/mol. The van der Waals surface area contributed by atoms with Gasteiger partial charge < -0.3 is 10.1 Å². The Bertz CT molecular complexity index is 1110. The van der Waals surface area contributed by atoms with E-state index in [0.717, 1.165) is 28.5 Å². The lowest BCUT2D eigenvalue weighted by atomic mass is 10.1. The number of ether oxygens (including phenoxy) is 1. The third-order valence-electron chi connectivity index (χ3n) is 4.96. The third-order valence-corrected chi connectivity index (χ3v) is 6.03. The largest absolute Gasteiger partial charge is 0.489 e. The van der Waals surface area contributed by atoms with Gasteiger partial charge in [-0.2, -0.15) is 11.8 Å². The van der Waals surface area contributed by atoms with E-state index in [4.69, 9.17) is 4.74 Å². The van der Waals surface area contributed by atoms with Crippen molar-refractivity contribution in [1.29, 1.82) is 0 Å². The van der Waals surface area contributed by atoms with Crippen molar-refractivity contribution in [3.8, 4) is 5.75 Å². The Hall–Kier alpha value is -3.50. The molecule has 3 nitrogen and oxygen atoms in total. The quantitative estimate of drug-likeness (QED) is 0.307. The van der Waals surface area contributed by atoms with Gasteiger partial charge in [0.15, 0.2) is 0 Å². The molecule has 4 heteroatoms. The molecule has 0 spiro atoms. The summed E-state index contributed by atoms with van der Waals surface area (Å²) < 4.78 is 5.80. The van der Waals surface area contributed by atoms with Crippen molar-refractivity contribution >= 4 is 23.4 Å². The van der Waals surface area contributed by atoms with E-state index in [9.17, 15) is 4.79 Å². The van der Waals surface area contributed by atoms with Crippen molar-refractivity contribution in [2.24, 2.45) is 0 Å². The van der Waals surface area contributed by atoms with E-state index in [-0.39, 0.29) is 5.91 Å². The first kappa shape index (κ1) is 21.7. The fraction of sp³-hybridized carbons (Fsp3) is 0.107. The minimum absolute atomic E-state index is 0.119. The maximum absolute atomic E-state index is 12.6. The number of hydrogen-bond donors (Lipinski definition) is 1. The molecule has 0 radical (unpaired) electrons. The topological polar surface area (TPSA) is 38.3 Å². The normalized spacial score (nSPS) is 10.5. The highest BCUT2D eigenvalue weighted by Crippen LogP contribution is 2.20. The van der Waals surface area contributed by atoms with Crippen LogP contribution in [0, 0.1) is 0 Å². The highest BCUT2D eigenvalue weighted by molar-refractivity contribution is 7.97. The maximum Gasteiger partial charge on any atom is 0.255 e. The average molecular weight is 440 g/mol. The predicted octanol–water partition coefficient (Wildman–Crippen LogP) is 6.95. The van der Waals surface area contributed by atoms with Crippen LogP contribution in [0.1, 0.15) is 27.0 Å².